The van der Waals surface area contributed by atoms with Gasteiger partial charge in [-0.2, -0.15) is 0 Å². The van der Waals surface area contributed by atoms with Crippen molar-refractivity contribution in [3.8, 4) is 0 Å². The Balaban J connectivity index is 2.28. The second-order valence-corrected chi connectivity index (χ2v) is 5.47. The summed E-state index contributed by atoms with van der Waals surface area (Å²) in [5.41, 5.74) is -0.390. The molecule has 0 bridgehead atoms. The Morgan fingerprint density at radius 2 is 1.82 bits per heavy atom. The number of carbonyl (C=O) groups is 2. The van der Waals surface area contributed by atoms with Gasteiger partial charge in [-0.05, 0) is 11.8 Å². The number of hydrogen-bond acceptors (Lipinski definition) is 2. The van der Waals surface area contributed by atoms with E-state index in [9.17, 15) is 9.59 Å². The quantitative estimate of drug-likeness (QED) is 0.670. The molecule has 1 saturated carbocycles. The maximum Gasteiger partial charge on any atom is 0.307 e. The van der Waals surface area contributed by atoms with Gasteiger partial charge in [0.15, 0.2) is 0 Å². The van der Waals surface area contributed by atoms with E-state index < -0.39 is 11.9 Å². The maximum atomic E-state index is 11.8. The van der Waals surface area contributed by atoms with E-state index >= 15 is 0 Å². The Kier molecular flexibility index (Phi) is 4.54. The van der Waals surface area contributed by atoms with Crippen LogP contribution in [0.25, 0.3) is 0 Å². The number of nitrogens with one attached hydrogen (secondary N) is 1. The Labute approximate surface area is 103 Å². The third-order valence-corrected chi connectivity index (χ3v) is 3.71. The van der Waals surface area contributed by atoms with Gasteiger partial charge in [-0.15, -0.1) is 0 Å². The van der Waals surface area contributed by atoms with Crippen LogP contribution in [0.1, 0.15) is 46.5 Å². The van der Waals surface area contributed by atoms with Crippen LogP contribution in [0.3, 0.4) is 0 Å². The van der Waals surface area contributed by atoms with Crippen molar-refractivity contribution in [3.63, 3.8) is 0 Å². The van der Waals surface area contributed by atoms with Gasteiger partial charge in [0.05, 0.1) is 11.8 Å². The van der Waals surface area contributed by atoms with E-state index in [0.717, 1.165) is 12.8 Å². The molecule has 1 amide bonds. The van der Waals surface area contributed by atoms with Gasteiger partial charge in [0.1, 0.15) is 0 Å². The molecular formula is C13H23NO3. The standard InChI is InChI=1S/C13H23NO3/c1-4-5-6-7-8-14-11(15)9-10(12(16)17)13(9,2)3/h9-10H,4-8H2,1-3H3,(H,14,15)(H,16,17). The molecule has 1 rings (SSSR count). The van der Waals surface area contributed by atoms with Crippen molar-refractivity contribution in [2.45, 2.75) is 46.5 Å². The van der Waals surface area contributed by atoms with Gasteiger partial charge in [-0.1, -0.05) is 40.0 Å². The van der Waals surface area contributed by atoms with Gasteiger partial charge in [0.2, 0.25) is 5.91 Å². The van der Waals surface area contributed by atoms with Crippen molar-refractivity contribution in [1.82, 2.24) is 5.32 Å². The van der Waals surface area contributed by atoms with Crippen LogP contribution in [0.4, 0.5) is 0 Å². The lowest BCUT2D eigenvalue weighted by atomic mass is 10.1. The summed E-state index contributed by atoms with van der Waals surface area (Å²) in [4.78, 5) is 22.7. The fourth-order valence-electron chi connectivity index (χ4n) is 2.46. The van der Waals surface area contributed by atoms with Gasteiger partial charge in [0, 0.05) is 6.54 Å². The molecule has 0 heterocycles. The molecule has 4 nitrogen and oxygen atoms in total. The molecule has 2 N–H and O–H groups in total. The van der Waals surface area contributed by atoms with Crippen LogP contribution in [-0.2, 0) is 9.59 Å². The second kappa shape index (κ2) is 5.52. The van der Waals surface area contributed by atoms with Crippen LogP contribution in [0.2, 0.25) is 0 Å². The number of carbonyl (C=O) groups excluding carboxylic acids is 1. The number of amides is 1. The largest absolute Gasteiger partial charge is 0.481 e. The van der Waals surface area contributed by atoms with E-state index in [1.165, 1.54) is 12.8 Å². The van der Waals surface area contributed by atoms with Gasteiger partial charge in [-0.25, -0.2) is 0 Å². The molecule has 4 heteroatoms. The molecule has 17 heavy (non-hydrogen) atoms. The number of hydrogen-bond donors (Lipinski definition) is 2. The Morgan fingerprint density at radius 3 is 2.29 bits per heavy atom. The minimum Gasteiger partial charge on any atom is -0.481 e. The average molecular weight is 241 g/mol. The van der Waals surface area contributed by atoms with Crippen molar-refractivity contribution < 1.29 is 14.7 Å². The highest BCUT2D eigenvalue weighted by molar-refractivity contribution is 5.91. The highest BCUT2D eigenvalue weighted by Gasteiger charge is 2.65. The van der Waals surface area contributed by atoms with E-state index in [1.807, 2.05) is 13.8 Å². The predicted molar refractivity (Wildman–Crippen MR) is 65.5 cm³/mol. The van der Waals surface area contributed by atoms with Crippen LogP contribution in [-0.4, -0.2) is 23.5 Å². The van der Waals surface area contributed by atoms with Crippen molar-refractivity contribution in [3.05, 3.63) is 0 Å². The number of carboxylic acid groups (broad SMARTS) is 1. The van der Waals surface area contributed by atoms with Gasteiger partial charge in [-0.3, -0.25) is 9.59 Å². The van der Waals surface area contributed by atoms with E-state index in [0.29, 0.717) is 6.54 Å². The summed E-state index contributed by atoms with van der Waals surface area (Å²) in [6, 6.07) is 0. The first kappa shape index (κ1) is 14.0. The van der Waals surface area contributed by atoms with Crippen molar-refractivity contribution >= 4 is 11.9 Å². The zero-order valence-electron chi connectivity index (χ0n) is 11.0. The molecule has 1 fully saturated rings. The van der Waals surface area contributed by atoms with Gasteiger partial charge < -0.3 is 10.4 Å². The minimum absolute atomic E-state index is 0.0982. The molecule has 0 spiro atoms. The highest BCUT2D eigenvalue weighted by Crippen LogP contribution is 2.58. The molecule has 0 saturated heterocycles. The molecule has 98 valence electrons. The van der Waals surface area contributed by atoms with E-state index in [-0.39, 0.29) is 17.2 Å². The normalized spacial score (nSPS) is 25.4. The lowest BCUT2D eigenvalue weighted by Crippen LogP contribution is -2.28. The average Bonchev–Trinajstić information content (AvgIpc) is 2.81. The summed E-state index contributed by atoms with van der Waals surface area (Å²) in [5, 5.41) is 11.8. The number of rotatable bonds is 7. The third kappa shape index (κ3) is 3.20. The molecule has 1 aliphatic carbocycles. The fourth-order valence-corrected chi connectivity index (χ4v) is 2.46. The molecule has 0 aromatic rings. The first-order chi connectivity index (χ1) is 7.92. The zero-order chi connectivity index (χ0) is 13.1. The molecule has 0 aliphatic heterocycles. The predicted octanol–water partition coefficient (Wildman–Crippen LogP) is 2.04. The molecular weight excluding hydrogens is 218 g/mol. The smallest absolute Gasteiger partial charge is 0.307 e. The highest BCUT2D eigenvalue weighted by atomic mass is 16.4. The first-order valence-electron chi connectivity index (χ1n) is 6.43. The van der Waals surface area contributed by atoms with Crippen LogP contribution in [0.5, 0.6) is 0 Å². The molecule has 0 radical (unpaired) electrons. The number of unbranched alkanes of at least 4 members (excludes halogenated alkanes) is 3. The van der Waals surface area contributed by atoms with E-state index in [2.05, 4.69) is 12.2 Å². The van der Waals surface area contributed by atoms with Crippen LogP contribution >= 0.6 is 0 Å². The topological polar surface area (TPSA) is 66.4 Å². The van der Waals surface area contributed by atoms with Crippen molar-refractivity contribution in [2.75, 3.05) is 6.54 Å². The zero-order valence-corrected chi connectivity index (χ0v) is 11.0. The third-order valence-electron chi connectivity index (χ3n) is 3.71. The summed E-state index contributed by atoms with van der Waals surface area (Å²) < 4.78 is 0. The molecule has 2 atom stereocenters. The first-order valence-corrected chi connectivity index (χ1v) is 6.43. The lowest BCUT2D eigenvalue weighted by molar-refractivity contribution is -0.140. The Hall–Kier alpha value is -1.06. The molecule has 1 aliphatic rings. The number of carboxylic acids is 1. The van der Waals surface area contributed by atoms with Crippen molar-refractivity contribution in [1.29, 1.82) is 0 Å². The summed E-state index contributed by atoms with van der Waals surface area (Å²) in [6.45, 7) is 6.49. The summed E-state index contributed by atoms with van der Waals surface area (Å²) in [6.07, 6.45) is 4.45. The van der Waals surface area contributed by atoms with Crippen LogP contribution in [0.15, 0.2) is 0 Å². The van der Waals surface area contributed by atoms with Crippen LogP contribution in [0, 0.1) is 17.3 Å². The number of aliphatic carboxylic acids is 1. The summed E-state index contributed by atoms with van der Waals surface area (Å²) in [7, 11) is 0. The Morgan fingerprint density at radius 1 is 1.18 bits per heavy atom. The minimum atomic E-state index is -0.860. The molecule has 2 unspecified atom stereocenters. The summed E-state index contributed by atoms with van der Waals surface area (Å²) >= 11 is 0. The summed E-state index contributed by atoms with van der Waals surface area (Å²) in [5.74, 6) is -1.83. The lowest BCUT2D eigenvalue weighted by Gasteiger charge is -2.05. The van der Waals surface area contributed by atoms with Gasteiger partial charge >= 0.3 is 5.97 Å². The van der Waals surface area contributed by atoms with Gasteiger partial charge in [0.25, 0.3) is 0 Å². The van der Waals surface area contributed by atoms with Crippen LogP contribution < -0.4 is 5.32 Å². The molecule has 0 aromatic carbocycles. The Bertz CT molecular complexity index is 299. The fraction of sp³-hybridized carbons (Fsp3) is 0.846. The van der Waals surface area contributed by atoms with E-state index in [4.69, 9.17) is 5.11 Å². The monoisotopic (exact) mass is 241 g/mol. The van der Waals surface area contributed by atoms with Crippen molar-refractivity contribution in [2.24, 2.45) is 17.3 Å². The van der Waals surface area contributed by atoms with E-state index in [1.54, 1.807) is 0 Å². The second-order valence-electron chi connectivity index (χ2n) is 5.47. The SMILES string of the molecule is CCCCCCNC(=O)C1C(C(=O)O)C1(C)C. The maximum absolute atomic E-state index is 11.8. The molecule has 0 aromatic heterocycles.